The molecular weight excluding hydrogens is 288 g/mol. The average molecular weight is 308 g/mol. The SMILES string of the molecule is CCN1C[C@]2(COCCN(C(=O)c3ccco3)C2)OCC1=O. The van der Waals surface area contributed by atoms with Crippen molar-refractivity contribution >= 4 is 11.8 Å². The van der Waals surface area contributed by atoms with Gasteiger partial charge in [-0.1, -0.05) is 0 Å². The number of ether oxygens (including phenoxy) is 2. The van der Waals surface area contributed by atoms with Crippen LogP contribution in [0.3, 0.4) is 0 Å². The Morgan fingerprint density at radius 1 is 1.41 bits per heavy atom. The van der Waals surface area contributed by atoms with Gasteiger partial charge in [0.05, 0.1) is 32.6 Å². The maximum absolute atomic E-state index is 12.5. The molecule has 22 heavy (non-hydrogen) atoms. The van der Waals surface area contributed by atoms with Crippen LogP contribution in [0.4, 0.5) is 0 Å². The van der Waals surface area contributed by atoms with Gasteiger partial charge in [0.25, 0.3) is 5.91 Å². The van der Waals surface area contributed by atoms with E-state index in [2.05, 4.69) is 0 Å². The van der Waals surface area contributed by atoms with Crippen molar-refractivity contribution in [2.24, 2.45) is 0 Å². The summed E-state index contributed by atoms with van der Waals surface area (Å²) in [5.74, 6) is 0.0935. The van der Waals surface area contributed by atoms with Gasteiger partial charge in [-0.3, -0.25) is 9.59 Å². The van der Waals surface area contributed by atoms with Crippen molar-refractivity contribution in [3.63, 3.8) is 0 Å². The monoisotopic (exact) mass is 308 g/mol. The molecule has 7 heteroatoms. The summed E-state index contributed by atoms with van der Waals surface area (Å²) >= 11 is 0. The molecule has 2 fully saturated rings. The molecule has 0 N–H and O–H groups in total. The summed E-state index contributed by atoms with van der Waals surface area (Å²) in [4.78, 5) is 27.7. The van der Waals surface area contributed by atoms with Gasteiger partial charge in [0.2, 0.25) is 5.91 Å². The van der Waals surface area contributed by atoms with Gasteiger partial charge in [-0.2, -0.15) is 0 Å². The van der Waals surface area contributed by atoms with Crippen molar-refractivity contribution in [2.45, 2.75) is 12.5 Å². The van der Waals surface area contributed by atoms with Gasteiger partial charge in [-0.25, -0.2) is 0 Å². The number of carbonyl (C=O) groups is 2. The molecule has 7 nitrogen and oxygen atoms in total. The van der Waals surface area contributed by atoms with Crippen LogP contribution in [0.2, 0.25) is 0 Å². The third-order valence-electron chi connectivity index (χ3n) is 4.08. The number of carbonyl (C=O) groups excluding carboxylic acids is 2. The first-order valence-corrected chi connectivity index (χ1v) is 7.46. The largest absolute Gasteiger partial charge is 0.459 e. The zero-order valence-corrected chi connectivity index (χ0v) is 12.6. The van der Waals surface area contributed by atoms with E-state index in [1.54, 1.807) is 21.9 Å². The average Bonchev–Trinajstić information content (AvgIpc) is 2.99. The lowest BCUT2D eigenvalue weighted by Crippen LogP contribution is -2.60. The van der Waals surface area contributed by atoms with E-state index >= 15 is 0 Å². The first-order chi connectivity index (χ1) is 10.6. The molecule has 2 saturated heterocycles. The smallest absolute Gasteiger partial charge is 0.289 e. The molecule has 1 aromatic heterocycles. The number of nitrogens with zero attached hydrogens (tertiary/aromatic N) is 2. The van der Waals surface area contributed by atoms with Crippen molar-refractivity contribution in [3.05, 3.63) is 24.2 Å². The second kappa shape index (κ2) is 6.10. The fraction of sp³-hybridized carbons (Fsp3) is 0.600. The van der Waals surface area contributed by atoms with E-state index in [1.807, 2.05) is 6.92 Å². The number of amides is 2. The highest BCUT2D eigenvalue weighted by Gasteiger charge is 2.43. The molecule has 3 rings (SSSR count). The lowest BCUT2D eigenvalue weighted by Gasteiger charge is -2.42. The van der Waals surface area contributed by atoms with Gasteiger partial charge in [0.1, 0.15) is 12.2 Å². The van der Waals surface area contributed by atoms with Crippen LogP contribution in [0, 0.1) is 0 Å². The first-order valence-electron chi connectivity index (χ1n) is 7.46. The zero-order valence-electron chi connectivity index (χ0n) is 12.6. The lowest BCUT2D eigenvalue weighted by atomic mass is 10.0. The van der Waals surface area contributed by atoms with E-state index in [9.17, 15) is 9.59 Å². The number of hydrogen-bond acceptors (Lipinski definition) is 5. The standard InChI is InChI=1S/C15H20N2O5/c1-2-16-9-15(22-8-13(16)18)10-17(5-7-20-11-15)14(19)12-4-3-6-21-12/h3-4,6H,2,5,7-11H2,1H3/t15-/m0/s1. The minimum absolute atomic E-state index is 0.0266. The van der Waals surface area contributed by atoms with Gasteiger partial charge in [-0.15, -0.1) is 0 Å². The number of hydrogen-bond donors (Lipinski definition) is 0. The van der Waals surface area contributed by atoms with E-state index in [0.29, 0.717) is 45.2 Å². The Hall–Kier alpha value is -1.86. The van der Waals surface area contributed by atoms with Crippen LogP contribution >= 0.6 is 0 Å². The minimum atomic E-state index is -0.664. The van der Waals surface area contributed by atoms with E-state index < -0.39 is 5.60 Å². The van der Waals surface area contributed by atoms with E-state index in [0.717, 1.165) is 0 Å². The third kappa shape index (κ3) is 2.86. The highest BCUT2D eigenvalue weighted by molar-refractivity contribution is 5.91. The molecule has 0 saturated carbocycles. The summed E-state index contributed by atoms with van der Waals surface area (Å²) in [6.45, 7) is 4.69. The molecule has 3 heterocycles. The highest BCUT2D eigenvalue weighted by Crippen LogP contribution is 2.24. The van der Waals surface area contributed by atoms with E-state index in [4.69, 9.17) is 13.9 Å². The Morgan fingerprint density at radius 3 is 3.00 bits per heavy atom. The van der Waals surface area contributed by atoms with Gasteiger partial charge in [0, 0.05) is 13.1 Å². The predicted molar refractivity (Wildman–Crippen MR) is 76.4 cm³/mol. The molecule has 0 radical (unpaired) electrons. The Labute approximate surface area is 128 Å². The summed E-state index contributed by atoms with van der Waals surface area (Å²) in [5, 5.41) is 0. The van der Waals surface area contributed by atoms with Gasteiger partial charge >= 0.3 is 0 Å². The number of likely N-dealkylation sites (N-methyl/N-ethyl adjacent to an activating group) is 1. The van der Waals surface area contributed by atoms with E-state index in [1.165, 1.54) is 6.26 Å². The predicted octanol–water partition coefficient (Wildman–Crippen LogP) is 0.369. The van der Waals surface area contributed by atoms with Crippen LogP contribution in [0.25, 0.3) is 0 Å². The molecule has 0 bridgehead atoms. The molecule has 120 valence electrons. The Balaban J connectivity index is 1.78. The molecule has 2 aliphatic rings. The lowest BCUT2D eigenvalue weighted by molar-refractivity contribution is -0.171. The quantitative estimate of drug-likeness (QED) is 0.789. The second-order valence-corrected chi connectivity index (χ2v) is 5.64. The molecule has 2 amide bonds. The Morgan fingerprint density at radius 2 is 2.27 bits per heavy atom. The summed E-state index contributed by atoms with van der Waals surface area (Å²) in [6, 6.07) is 3.33. The number of rotatable bonds is 2. The number of furan rings is 1. The summed E-state index contributed by atoms with van der Waals surface area (Å²) in [5.41, 5.74) is -0.664. The maximum Gasteiger partial charge on any atom is 0.289 e. The molecule has 1 aromatic rings. The van der Waals surface area contributed by atoms with Crippen molar-refractivity contribution in [1.82, 2.24) is 9.80 Å². The summed E-state index contributed by atoms with van der Waals surface area (Å²) in [7, 11) is 0. The van der Waals surface area contributed by atoms with Gasteiger partial charge < -0.3 is 23.7 Å². The third-order valence-corrected chi connectivity index (χ3v) is 4.08. The molecule has 2 aliphatic heterocycles. The zero-order chi connectivity index (χ0) is 15.6. The molecule has 1 spiro atoms. The maximum atomic E-state index is 12.5. The summed E-state index contributed by atoms with van der Waals surface area (Å²) in [6.07, 6.45) is 1.48. The van der Waals surface area contributed by atoms with Crippen LogP contribution in [0.15, 0.2) is 22.8 Å². The summed E-state index contributed by atoms with van der Waals surface area (Å²) < 4.78 is 16.6. The van der Waals surface area contributed by atoms with Crippen molar-refractivity contribution < 1.29 is 23.5 Å². The minimum Gasteiger partial charge on any atom is -0.459 e. The van der Waals surface area contributed by atoms with Crippen LogP contribution in [-0.2, 0) is 14.3 Å². The molecular formula is C15H20N2O5. The van der Waals surface area contributed by atoms with Gasteiger partial charge in [-0.05, 0) is 19.1 Å². The molecule has 1 atom stereocenters. The topological polar surface area (TPSA) is 72.2 Å². The fourth-order valence-electron chi connectivity index (χ4n) is 2.89. The van der Waals surface area contributed by atoms with Crippen molar-refractivity contribution in [3.8, 4) is 0 Å². The molecule has 0 unspecified atom stereocenters. The highest BCUT2D eigenvalue weighted by atomic mass is 16.6. The normalized spacial score (nSPS) is 26.3. The van der Waals surface area contributed by atoms with Crippen LogP contribution in [0.5, 0.6) is 0 Å². The first kappa shape index (κ1) is 15.1. The second-order valence-electron chi connectivity index (χ2n) is 5.64. The van der Waals surface area contributed by atoms with E-state index in [-0.39, 0.29) is 18.4 Å². The van der Waals surface area contributed by atoms with Crippen molar-refractivity contribution in [2.75, 3.05) is 46.0 Å². The Bertz CT molecular complexity index is 544. The molecule has 0 aliphatic carbocycles. The number of morpholine rings is 1. The van der Waals surface area contributed by atoms with Gasteiger partial charge in [0.15, 0.2) is 5.76 Å². The Kier molecular flexibility index (Phi) is 4.17. The molecule has 0 aromatic carbocycles. The van der Waals surface area contributed by atoms with Crippen LogP contribution < -0.4 is 0 Å². The van der Waals surface area contributed by atoms with Crippen molar-refractivity contribution in [1.29, 1.82) is 0 Å². The fourth-order valence-corrected chi connectivity index (χ4v) is 2.89. The van der Waals surface area contributed by atoms with Crippen LogP contribution in [0.1, 0.15) is 17.5 Å². The van der Waals surface area contributed by atoms with Crippen LogP contribution in [-0.4, -0.2) is 73.2 Å².